The summed E-state index contributed by atoms with van der Waals surface area (Å²) in [6, 6.07) is 6.87. The highest BCUT2D eigenvalue weighted by Gasteiger charge is 2.04. The molecule has 0 spiro atoms. The van der Waals surface area contributed by atoms with E-state index in [2.05, 4.69) is 5.32 Å². The number of carbonyl (C=O) groups excluding carboxylic acids is 2. The lowest BCUT2D eigenvalue weighted by molar-refractivity contribution is -0.120. The van der Waals surface area contributed by atoms with Gasteiger partial charge in [-0.2, -0.15) is 0 Å². The maximum absolute atomic E-state index is 11.8. The predicted molar refractivity (Wildman–Crippen MR) is 81.9 cm³/mol. The fourth-order valence-electron chi connectivity index (χ4n) is 1.83. The summed E-state index contributed by atoms with van der Waals surface area (Å²) in [6.07, 6.45) is 4.40. The third-order valence-electron chi connectivity index (χ3n) is 2.86. The monoisotopic (exact) mass is 293 g/mol. The first-order valence-corrected chi connectivity index (χ1v) is 7.13. The van der Waals surface area contributed by atoms with Gasteiger partial charge in [0, 0.05) is 18.2 Å². The van der Waals surface area contributed by atoms with Gasteiger partial charge >= 0.3 is 0 Å². The van der Waals surface area contributed by atoms with Crippen LogP contribution in [0.1, 0.15) is 32.1 Å². The lowest BCUT2D eigenvalue weighted by atomic mass is 10.1. The van der Waals surface area contributed by atoms with Crippen molar-refractivity contribution in [2.24, 2.45) is 11.5 Å². The summed E-state index contributed by atoms with van der Waals surface area (Å²) in [5, 5.41) is 2.80. The molecule has 0 atom stereocenters. The number of carbonyl (C=O) groups is 2. The highest BCUT2D eigenvalue weighted by atomic mass is 16.5. The molecular formula is C15H23N3O3. The van der Waals surface area contributed by atoms with Crippen LogP contribution in [-0.2, 0) is 9.59 Å². The van der Waals surface area contributed by atoms with E-state index in [4.69, 9.17) is 16.2 Å². The van der Waals surface area contributed by atoms with Crippen LogP contribution in [0, 0.1) is 0 Å². The highest BCUT2D eigenvalue weighted by molar-refractivity contribution is 5.90. The van der Waals surface area contributed by atoms with Crippen molar-refractivity contribution in [2.75, 3.05) is 18.5 Å². The summed E-state index contributed by atoms with van der Waals surface area (Å²) in [7, 11) is 0. The van der Waals surface area contributed by atoms with Crippen LogP contribution < -0.4 is 21.5 Å². The standard InChI is InChI=1S/C15H23N3O3/c16-9-4-2-1-3-8-15(20)18-12-6-5-7-13(10-12)21-11-14(17)19/h5-7,10H,1-4,8-9,11,16H2,(H2,17,19)(H,18,20). The third-order valence-corrected chi connectivity index (χ3v) is 2.86. The van der Waals surface area contributed by atoms with Crippen LogP contribution in [0.4, 0.5) is 5.69 Å². The van der Waals surface area contributed by atoms with Crippen molar-refractivity contribution < 1.29 is 14.3 Å². The number of hydrogen-bond acceptors (Lipinski definition) is 4. The van der Waals surface area contributed by atoms with Gasteiger partial charge < -0.3 is 21.5 Å². The molecule has 2 amide bonds. The van der Waals surface area contributed by atoms with Gasteiger partial charge in [-0.05, 0) is 31.5 Å². The van der Waals surface area contributed by atoms with Gasteiger partial charge in [0.2, 0.25) is 5.91 Å². The van der Waals surface area contributed by atoms with Gasteiger partial charge in [-0.1, -0.05) is 18.9 Å². The fourth-order valence-corrected chi connectivity index (χ4v) is 1.83. The van der Waals surface area contributed by atoms with Crippen molar-refractivity contribution >= 4 is 17.5 Å². The van der Waals surface area contributed by atoms with Crippen molar-refractivity contribution in [1.82, 2.24) is 0 Å². The summed E-state index contributed by atoms with van der Waals surface area (Å²) in [4.78, 5) is 22.4. The van der Waals surface area contributed by atoms with Crippen LogP contribution in [0.25, 0.3) is 0 Å². The maximum Gasteiger partial charge on any atom is 0.255 e. The molecule has 5 N–H and O–H groups in total. The van der Waals surface area contributed by atoms with E-state index in [1.165, 1.54) is 0 Å². The first-order valence-electron chi connectivity index (χ1n) is 7.13. The first-order chi connectivity index (χ1) is 10.1. The summed E-state index contributed by atoms with van der Waals surface area (Å²) in [5.41, 5.74) is 11.1. The van der Waals surface area contributed by atoms with Crippen molar-refractivity contribution in [1.29, 1.82) is 0 Å². The van der Waals surface area contributed by atoms with Gasteiger partial charge in [-0.25, -0.2) is 0 Å². The number of anilines is 1. The second-order valence-electron chi connectivity index (χ2n) is 4.78. The lowest BCUT2D eigenvalue weighted by Gasteiger charge is -2.08. The predicted octanol–water partition coefficient (Wildman–Crippen LogP) is 1.40. The minimum Gasteiger partial charge on any atom is -0.484 e. The topological polar surface area (TPSA) is 107 Å². The number of hydrogen-bond donors (Lipinski definition) is 3. The Morgan fingerprint density at radius 2 is 1.90 bits per heavy atom. The zero-order valence-corrected chi connectivity index (χ0v) is 12.1. The minimum atomic E-state index is -0.540. The molecule has 21 heavy (non-hydrogen) atoms. The molecule has 1 rings (SSSR count). The molecule has 1 aromatic rings. The number of benzene rings is 1. The van der Waals surface area contributed by atoms with Gasteiger partial charge in [-0.3, -0.25) is 9.59 Å². The molecule has 0 aromatic heterocycles. The van der Waals surface area contributed by atoms with E-state index in [0.717, 1.165) is 25.7 Å². The van der Waals surface area contributed by atoms with E-state index in [1.807, 2.05) is 0 Å². The zero-order valence-electron chi connectivity index (χ0n) is 12.1. The summed E-state index contributed by atoms with van der Waals surface area (Å²) in [6.45, 7) is 0.517. The van der Waals surface area contributed by atoms with E-state index < -0.39 is 5.91 Å². The van der Waals surface area contributed by atoms with Gasteiger partial charge in [0.05, 0.1) is 0 Å². The normalized spacial score (nSPS) is 10.1. The Labute approximate surface area is 124 Å². The summed E-state index contributed by atoms with van der Waals surface area (Å²) in [5.74, 6) is -0.0775. The van der Waals surface area contributed by atoms with Crippen LogP contribution in [-0.4, -0.2) is 25.0 Å². The number of nitrogens with two attached hydrogens (primary N) is 2. The summed E-state index contributed by atoms with van der Waals surface area (Å²) < 4.78 is 5.18. The lowest BCUT2D eigenvalue weighted by Crippen LogP contribution is -2.20. The van der Waals surface area contributed by atoms with Crippen molar-refractivity contribution in [3.05, 3.63) is 24.3 Å². The highest BCUT2D eigenvalue weighted by Crippen LogP contribution is 2.17. The van der Waals surface area contributed by atoms with E-state index in [9.17, 15) is 9.59 Å². The Bertz CT molecular complexity index is 463. The quantitative estimate of drug-likeness (QED) is 0.567. The van der Waals surface area contributed by atoms with E-state index in [1.54, 1.807) is 24.3 Å². The molecule has 0 saturated carbocycles. The molecule has 6 nitrogen and oxygen atoms in total. The molecule has 0 saturated heterocycles. The minimum absolute atomic E-state index is 0.0326. The molecule has 0 fully saturated rings. The van der Waals surface area contributed by atoms with E-state index in [-0.39, 0.29) is 12.5 Å². The first kappa shape index (κ1) is 17.0. The molecule has 0 aliphatic heterocycles. The molecule has 0 bridgehead atoms. The molecule has 0 heterocycles. The molecule has 116 valence electrons. The van der Waals surface area contributed by atoms with Crippen LogP contribution in [0.5, 0.6) is 5.75 Å². The molecule has 0 radical (unpaired) electrons. The van der Waals surface area contributed by atoms with Crippen LogP contribution >= 0.6 is 0 Å². The Morgan fingerprint density at radius 3 is 2.62 bits per heavy atom. The fraction of sp³-hybridized carbons (Fsp3) is 0.467. The van der Waals surface area contributed by atoms with Gasteiger partial charge in [-0.15, -0.1) is 0 Å². The van der Waals surface area contributed by atoms with E-state index >= 15 is 0 Å². The number of unbranched alkanes of at least 4 members (excludes halogenated alkanes) is 3. The second kappa shape index (κ2) is 9.77. The summed E-state index contributed by atoms with van der Waals surface area (Å²) >= 11 is 0. The number of primary amides is 1. The second-order valence-corrected chi connectivity index (χ2v) is 4.78. The van der Waals surface area contributed by atoms with Crippen molar-refractivity contribution in [3.63, 3.8) is 0 Å². The van der Waals surface area contributed by atoms with E-state index in [0.29, 0.717) is 24.4 Å². The number of ether oxygens (including phenoxy) is 1. The Kier molecular flexibility index (Phi) is 7.89. The van der Waals surface area contributed by atoms with Gasteiger partial charge in [0.15, 0.2) is 6.61 Å². The molecular weight excluding hydrogens is 270 g/mol. The number of nitrogens with one attached hydrogen (secondary N) is 1. The smallest absolute Gasteiger partial charge is 0.255 e. The maximum atomic E-state index is 11.8. The van der Waals surface area contributed by atoms with Crippen LogP contribution in [0.2, 0.25) is 0 Å². The van der Waals surface area contributed by atoms with Crippen LogP contribution in [0.3, 0.4) is 0 Å². The molecule has 0 aliphatic carbocycles. The Hall–Kier alpha value is -2.08. The Morgan fingerprint density at radius 1 is 1.14 bits per heavy atom. The van der Waals surface area contributed by atoms with Gasteiger partial charge in [0.1, 0.15) is 5.75 Å². The van der Waals surface area contributed by atoms with Crippen LogP contribution in [0.15, 0.2) is 24.3 Å². The average Bonchev–Trinajstić information content (AvgIpc) is 2.45. The number of amides is 2. The Balaban J connectivity index is 2.34. The average molecular weight is 293 g/mol. The molecule has 6 heteroatoms. The molecule has 0 unspecified atom stereocenters. The van der Waals surface area contributed by atoms with Gasteiger partial charge in [0.25, 0.3) is 5.91 Å². The molecule has 0 aliphatic rings. The largest absolute Gasteiger partial charge is 0.484 e. The third kappa shape index (κ3) is 7.94. The SMILES string of the molecule is NCCCCCCC(=O)Nc1cccc(OCC(N)=O)c1. The van der Waals surface area contributed by atoms with Crippen molar-refractivity contribution in [3.8, 4) is 5.75 Å². The molecule has 1 aromatic carbocycles. The number of rotatable bonds is 10. The zero-order chi connectivity index (χ0) is 15.5. The van der Waals surface area contributed by atoms with Crippen molar-refractivity contribution in [2.45, 2.75) is 32.1 Å².